The van der Waals surface area contributed by atoms with Crippen LogP contribution in [-0.2, 0) is 9.59 Å². The van der Waals surface area contributed by atoms with Crippen LogP contribution in [0.5, 0.6) is 0 Å². The molecule has 0 aromatic heterocycles. The number of rotatable bonds is 5. The van der Waals surface area contributed by atoms with Crippen molar-refractivity contribution in [1.82, 2.24) is 5.32 Å². The lowest BCUT2D eigenvalue weighted by Crippen LogP contribution is -2.44. The Morgan fingerprint density at radius 2 is 1.83 bits per heavy atom. The molecule has 124 valence electrons. The molecule has 2 atom stereocenters. The van der Waals surface area contributed by atoms with Crippen molar-refractivity contribution >= 4 is 29.1 Å². The third kappa shape index (κ3) is 3.27. The number of amides is 2. The Balaban J connectivity index is 1.78. The highest BCUT2D eigenvalue weighted by Crippen LogP contribution is 2.29. The summed E-state index contributed by atoms with van der Waals surface area (Å²) in [5.41, 5.74) is 6.94. The smallest absolute Gasteiger partial charge is 0.244 e. The van der Waals surface area contributed by atoms with E-state index < -0.39 is 18.0 Å². The molecule has 0 unspecified atom stereocenters. The zero-order valence-electron chi connectivity index (χ0n) is 13.0. The lowest BCUT2D eigenvalue weighted by Gasteiger charge is -2.21. The number of hydrogen-bond acceptors (Lipinski definition) is 3. The fraction of sp³-hybridized carbons (Fsp3) is 0.222. The summed E-state index contributed by atoms with van der Waals surface area (Å²) < 4.78 is 0. The van der Waals surface area contributed by atoms with Crippen LogP contribution in [0.2, 0.25) is 5.02 Å². The molecule has 1 saturated heterocycles. The maximum atomic E-state index is 12.7. The number of carbonyl (C=O) groups excluding carboxylic acids is 2. The summed E-state index contributed by atoms with van der Waals surface area (Å²) in [5, 5.41) is 3.62. The van der Waals surface area contributed by atoms with Crippen molar-refractivity contribution in [2.24, 2.45) is 5.73 Å². The van der Waals surface area contributed by atoms with Gasteiger partial charge in [0.25, 0.3) is 0 Å². The largest absolute Gasteiger partial charge is 0.368 e. The Morgan fingerprint density at radius 3 is 2.50 bits per heavy atom. The molecule has 2 amide bonds. The van der Waals surface area contributed by atoms with Crippen LogP contribution >= 0.6 is 11.6 Å². The number of hydrogen-bond donors (Lipinski definition) is 2. The van der Waals surface area contributed by atoms with Gasteiger partial charge >= 0.3 is 0 Å². The molecular formula is C18H18ClN3O2. The van der Waals surface area contributed by atoms with Gasteiger partial charge in [0.1, 0.15) is 6.04 Å². The standard InChI is InChI=1S/C18H18ClN3O2/c19-13-8-4-5-9-15(13)22-11-10-14(18(22)24)21-16(17(20)23)12-6-2-1-3-7-12/h1-9,14,16,21H,10-11H2,(H2,20,23)/t14-,16+/m0/s1. The second-order valence-corrected chi connectivity index (χ2v) is 6.10. The fourth-order valence-electron chi connectivity index (χ4n) is 2.93. The van der Waals surface area contributed by atoms with E-state index in [0.717, 1.165) is 5.56 Å². The van der Waals surface area contributed by atoms with Gasteiger partial charge in [-0.3, -0.25) is 14.9 Å². The van der Waals surface area contributed by atoms with E-state index in [1.807, 2.05) is 48.5 Å². The zero-order valence-corrected chi connectivity index (χ0v) is 13.7. The van der Waals surface area contributed by atoms with Gasteiger partial charge in [-0.1, -0.05) is 54.1 Å². The monoisotopic (exact) mass is 343 g/mol. The first-order valence-corrected chi connectivity index (χ1v) is 8.12. The van der Waals surface area contributed by atoms with Gasteiger partial charge in [0, 0.05) is 6.54 Å². The van der Waals surface area contributed by atoms with Crippen molar-refractivity contribution in [1.29, 1.82) is 0 Å². The van der Waals surface area contributed by atoms with E-state index in [1.165, 1.54) is 0 Å². The number of primary amides is 1. The predicted molar refractivity (Wildman–Crippen MR) is 93.7 cm³/mol. The first-order chi connectivity index (χ1) is 11.6. The van der Waals surface area contributed by atoms with Gasteiger partial charge < -0.3 is 10.6 Å². The Kier molecular flexibility index (Phi) is 4.83. The molecule has 3 rings (SSSR count). The first kappa shape index (κ1) is 16.5. The van der Waals surface area contributed by atoms with Gasteiger partial charge in [0.15, 0.2) is 0 Å². The number of nitrogens with zero attached hydrogens (tertiary/aromatic N) is 1. The molecule has 0 saturated carbocycles. The number of carbonyl (C=O) groups is 2. The topological polar surface area (TPSA) is 75.4 Å². The second-order valence-electron chi connectivity index (χ2n) is 5.70. The van der Waals surface area contributed by atoms with Crippen LogP contribution < -0.4 is 16.0 Å². The van der Waals surface area contributed by atoms with Gasteiger partial charge in [0.2, 0.25) is 11.8 Å². The average Bonchev–Trinajstić information content (AvgIpc) is 2.94. The van der Waals surface area contributed by atoms with Crippen LogP contribution in [0.25, 0.3) is 0 Å². The molecule has 0 bridgehead atoms. The minimum atomic E-state index is -0.702. The van der Waals surface area contributed by atoms with Crippen molar-refractivity contribution in [3.63, 3.8) is 0 Å². The number of benzene rings is 2. The van der Waals surface area contributed by atoms with Gasteiger partial charge in [-0.25, -0.2) is 0 Å². The van der Waals surface area contributed by atoms with Crippen LogP contribution in [0.3, 0.4) is 0 Å². The molecule has 1 aliphatic rings. The zero-order chi connectivity index (χ0) is 17.1. The van der Waals surface area contributed by atoms with E-state index in [0.29, 0.717) is 23.7 Å². The summed E-state index contributed by atoms with van der Waals surface area (Å²) >= 11 is 6.18. The molecule has 0 spiro atoms. The third-order valence-electron chi connectivity index (χ3n) is 4.13. The van der Waals surface area contributed by atoms with Gasteiger partial charge in [-0.05, 0) is 24.1 Å². The van der Waals surface area contributed by atoms with E-state index in [4.69, 9.17) is 17.3 Å². The lowest BCUT2D eigenvalue weighted by molar-refractivity contribution is -0.121. The summed E-state index contributed by atoms with van der Waals surface area (Å²) in [6.07, 6.45) is 0.584. The molecule has 1 heterocycles. The lowest BCUT2D eigenvalue weighted by atomic mass is 10.0. The Bertz CT molecular complexity index is 751. The molecule has 5 nitrogen and oxygen atoms in total. The molecule has 0 radical (unpaired) electrons. The van der Waals surface area contributed by atoms with E-state index >= 15 is 0 Å². The quantitative estimate of drug-likeness (QED) is 0.874. The summed E-state index contributed by atoms with van der Waals surface area (Å²) in [6, 6.07) is 15.2. The molecule has 2 aromatic rings. The summed E-state index contributed by atoms with van der Waals surface area (Å²) in [7, 11) is 0. The maximum absolute atomic E-state index is 12.7. The highest BCUT2D eigenvalue weighted by Gasteiger charge is 2.35. The predicted octanol–water partition coefficient (Wildman–Crippen LogP) is 2.26. The van der Waals surface area contributed by atoms with E-state index in [1.54, 1.807) is 11.0 Å². The van der Waals surface area contributed by atoms with Crippen LogP contribution in [0.4, 0.5) is 5.69 Å². The number of anilines is 1. The highest BCUT2D eigenvalue weighted by molar-refractivity contribution is 6.33. The molecule has 24 heavy (non-hydrogen) atoms. The third-order valence-corrected chi connectivity index (χ3v) is 4.45. The molecule has 3 N–H and O–H groups in total. The minimum absolute atomic E-state index is 0.106. The molecular weight excluding hydrogens is 326 g/mol. The van der Waals surface area contributed by atoms with Crippen molar-refractivity contribution in [3.05, 3.63) is 65.2 Å². The normalized spacial score (nSPS) is 18.6. The van der Waals surface area contributed by atoms with Crippen LogP contribution in [0, 0.1) is 0 Å². The van der Waals surface area contributed by atoms with E-state index in [-0.39, 0.29) is 5.91 Å². The van der Waals surface area contributed by atoms with Gasteiger partial charge in [0.05, 0.1) is 16.8 Å². The van der Waals surface area contributed by atoms with Crippen LogP contribution in [0.15, 0.2) is 54.6 Å². The van der Waals surface area contributed by atoms with Gasteiger partial charge in [-0.2, -0.15) is 0 Å². The van der Waals surface area contributed by atoms with Crippen LogP contribution in [-0.4, -0.2) is 24.4 Å². The Hall–Kier alpha value is -2.37. The molecule has 0 aliphatic carbocycles. The van der Waals surface area contributed by atoms with Gasteiger partial charge in [-0.15, -0.1) is 0 Å². The fourth-order valence-corrected chi connectivity index (χ4v) is 3.17. The summed E-state index contributed by atoms with van der Waals surface area (Å²) in [4.78, 5) is 26.2. The molecule has 6 heteroatoms. The van der Waals surface area contributed by atoms with Crippen molar-refractivity contribution < 1.29 is 9.59 Å². The van der Waals surface area contributed by atoms with Crippen LogP contribution in [0.1, 0.15) is 18.0 Å². The Labute approximate surface area is 145 Å². The highest BCUT2D eigenvalue weighted by atomic mass is 35.5. The first-order valence-electron chi connectivity index (χ1n) is 7.74. The summed E-state index contributed by atoms with van der Waals surface area (Å²) in [6.45, 7) is 0.542. The molecule has 2 aromatic carbocycles. The number of halogens is 1. The summed E-state index contributed by atoms with van der Waals surface area (Å²) in [5.74, 6) is -0.615. The van der Waals surface area contributed by atoms with Crippen molar-refractivity contribution in [3.8, 4) is 0 Å². The number of para-hydroxylation sites is 1. The number of nitrogens with one attached hydrogen (secondary N) is 1. The maximum Gasteiger partial charge on any atom is 0.244 e. The van der Waals surface area contributed by atoms with E-state index in [2.05, 4.69) is 5.32 Å². The van der Waals surface area contributed by atoms with Crippen molar-refractivity contribution in [2.75, 3.05) is 11.4 Å². The number of nitrogens with two attached hydrogens (primary N) is 1. The Morgan fingerprint density at radius 1 is 1.17 bits per heavy atom. The minimum Gasteiger partial charge on any atom is -0.368 e. The molecule has 1 fully saturated rings. The second kappa shape index (κ2) is 7.03. The SMILES string of the molecule is NC(=O)[C@H](N[C@H]1CCN(c2ccccc2Cl)C1=O)c1ccccc1. The average molecular weight is 344 g/mol. The van der Waals surface area contributed by atoms with Crippen molar-refractivity contribution in [2.45, 2.75) is 18.5 Å². The molecule has 1 aliphatic heterocycles. The van der Waals surface area contributed by atoms with E-state index in [9.17, 15) is 9.59 Å².